The van der Waals surface area contributed by atoms with Crippen molar-refractivity contribution < 1.29 is 4.74 Å². The second-order valence-corrected chi connectivity index (χ2v) is 8.13. The third-order valence-electron chi connectivity index (χ3n) is 2.97. The summed E-state index contributed by atoms with van der Waals surface area (Å²) < 4.78 is 6.40. The van der Waals surface area contributed by atoms with E-state index < -0.39 is 0 Å². The molecule has 0 amide bonds. The quantitative estimate of drug-likeness (QED) is 0.846. The predicted octanol–water partition coefficient (Wildman–Crippen LogP) is 4.03. The van der Waals surface area contributed by atoms with Crippen LogP contribution < -0.4 is 5.32 Å². The molecule has 1 aliphatic carbocycles. The van der Waals surface area contributed by atoms with Crippen molar-refractivity contribution in [3.05, 3.63) is 26.5 Å². The molecule has 3 nitrogen and oxygen atoms in total. The number of nitrogens with one attached hydrogen (secondary N) is 1. The molecule has 3 rings (SSSR count). The number of hydrogen-bond acceptors (Lipinski definition) is 5. The number of nitrogens with zero attached hydrogens (tertiary/aromatic N) is 1. The first kappa shape index (κ1) is 13.7. The number of thiophene rings is 1. The van der Waals surface area contributed by atoms with Gasteiger partial charge in [-0.3, -0.25) is 0 Å². The second kappa shape index (κ2) is 6.01. The van der Waals surface area contributed by atoms with Crippen LogP contribution in [0.3, 0.4) is 0 Å². The maximum atomic E-state index is 5.26. The van der Waals surface area contributed by atoms with Gasteiger partial charge in [0.15, 0.2) is 0 Å². The fourth-order valence-corrected chi connectivity index (χ4v) is 4.29. The van der Waals surface area contributed by atoms with Crippen LogP contribution in [0.4, 0.5) is 0 Å². The van der Waals surface area contributed by atoms with Gasteiger partial charge in [0, 0.05) is 24.6 Å². The Morgan fingerprint density at radius 1 is 1.42 bits per heavy atom. The monoisotopic (exact) mass is 358 g/mol. The van der Waals surface area contributed by atoms with Crippen molar-refractivity contribution >= 4 is 38.6 Å². The van der Waals surface area contributed by atoms with Crippen molar-refractivity contribution in [1.82, 2.24) is 10.3 Å². The summed E-state index contributed by atoms with van der Waals surface area (Å²) in [4.78, 5) is 7.24. The first-order chi connectivity index (χ1) is 9.26. The molecule has 0 spiro atoms. The average Bonchev–Trinajstić information content (AvgIpc) is 2.99. The maximum Gasteiger partial charge on any atom is 0.134 e. The van der Waals surface area contributed by atoms with E-state index in [1.807, 2.05) is 0 Å². The molecule has 0 saturated heterocycles. The number of methoxy groups -OCH3 is 1. The van der Waals surface area contributed by atoms with Crippen LogP contribution in [0.5, 0.6) is 0 Å². The van der Waals surface area contributed by atoms with Crippen molar-refractivity contribution in [3.63, 3.8) is 0 Å². The molecule has 0 radical (unpaired) electrons. The van der Waals surface area contributed by atoms with E-state index >= 15 is 0 Å². The first-order valence-electron chi connectivity index (χ1n) is 6.23. The summed E-state index contributed by atoms with van der Waals surface area (Å²) in [5, 5.41) is 4.64. The molecule has 1 saturated carbocycles. The molecule has 2 aromatic heterocycles. The van der Waals surface area contributed by atoms with E-state index in [0.29, 0.717) is 6.61 Å². The van der Waals surface area contributed by atoms with E-state index in [0.717, 1.165) is 27.1 Å². The van der Waals surface area contributed by atoms with Crippen LogP contribution in [0, 0.1) is 0 Å². The number of ether oxygens (including phenoxy) is 1. The normalized spacial score (nSPS) is 15.1. The van der Waals surface area contributed by atoms with Crippen molar-refractivity contribution in [2.75, 3.05) is 7.11 Å². The summed E-state index contributed by atoms with van der Waals surface area (Å²) in [7, 11) is 1.72. The molecule has 2 aromatic rings. The summed E-state index contributed by atoms with van der Waals surface area (Å²) in [6, 6.07) is 4.90. The van der Waals surface area contributed by atoms with Gasteiger partial charge < -0.3 is 10.1 Å². The molecule has 1 N–H and O–H groups in total. The summed E-state index contributed by atoms with van der Waals surface area (Å²) >= 11 is 6.99. The van der Waals surface area contributed by atoms with Crippen LogP contribution in [0.25, 0.3) is 9.88 Å². The van der Waals surface area contributed by atoms with Crippen LogP contribution in [0.2, 0.25) is 0 Å². The smallest absolute Gasteiger partial charge is 0.134 e. The molecule has 0 atom stereocenters. The molecule has 0 unspecified atom stereocenters. The zero-order valence-corrected chi connectivity index (χ0v) is 13.8. The van der Waals surface area contributed by atoms with E-state index in [9.17, 15) is 0 Å². The molecule has 19 heavy (non-hydrogen) atoms. The van der Waals surface area contributed by atoms with Gasteiger partial charge in [0.05, 0.1) is 21.0 Å². The minimum absolute atomic E-state index is 0.588. The van der Waals surface area contributed by atoms with Crippen LogP contribution in [-0.2, 0) is 17.9 Å². The molecule has 1 fully saturated rings. The molecule has 2 heterocycles. The molecule has 1 aliphatic rings. The number of rotatable bonds is 6. The average molecular weight is 359 g/mol. The van der Waals surface area contributed by atoms with Crippen molar-refractivity contribution in [2.24, 2.45) is 0 Å². The van der Waals surface area contributed by atoms with Crippen molar-refractivity contribution in [2.45, 2.75) is 32.0 Å². The Kier molecular flexibility index (Phi) is 4.34. The Hall–Kier alpha value is -0.270. The fourth-order valence-electron chi connectivity index (χ4n) is 1.83. The van der Waals surface area contributed by atoms with E-state index in [1.54, 1.807) is 29.8 Å². The fraction of sp³-hybridized carbons (Fsp3) is 0.462. The van der Waals surface area contributed by atoms with Gasteiger partial charge in [-0.2, -0.15) is 0 Å². The summed E-state index contributed by atoms with van der Waals surface area (Å²) in [6.45, 7) is 1.50. The predicted molar refractivity (Wildman–Crippen MR) is 83.7 cm³/mol. The largest absolute Gasteiger partial charge is 0.378 e. The van der Waals surface area contributed by atoms with Gasteiger partial charge in [-0.05, 0) is 40.9 Å². The van der Waals surface area contributed by atoms with Crippen LogP contribution in [0.1, 0.15) is 23.4 Å². The van der Waals surface area contributed by atoms with E-state index in [4.69, 9.17) is 9.72 Å². The lowest BCUT2D eigenvalue weighted by Gasteiger charge is -2.02. The number of hydrogen-bond donors (Lipinski definition) is 1. The van der Waals surface area contributed by atoms with Gasteiger partial charge in [0.1, 0.15) is 5.01 Å². The third-order valence-corrected chi connectivity index (χ3v) is 5.86. The first-order valence-corrected chi connectivity index (χ1v) is 8.65. The van der Waals surface area contributed by atoms with Gasteiger partial charge in [-0.15, -0.1) is 22.7 Å². The number of aromatic nitrogens is 1. The Balaban J connectivity index is 1.81. The van der Waals surface area contributed by atoms with Crippen LogP contribution in [-0.4, -0.2) is 18.1 Å². The highest BCUT2D eigenvalue weighted by Gasteiger charge is 2.22. The standard InChI is InChI=1S/C13H15BrN2OS2/c1-17-7-9-11(6-15-8-2-3-8)19-13(16-9)10-4-5-12(14)18-10/h4-5,8,15H,2-3,6-7H2,1H3. The minimum Gasteiger partial charge on any atom is -0.378 e. The van der Waals surface area contributed by atoms with Gasteiger partial charge in [-0.25, -0.2) is 4.98 Å². The molecule has 102 valence electrons. The van der Waals surface area contributed by atoms with Crippen molar-refractivity contribution in [1.29, 1.82) is 0 Å². The summed E-state index contributed by atoms with van der Waals surface area (Å²) in [5.41, 5.74) is 1.07. The minimum atomic E-state index is 0.588. The Morgan fingerprint density at radius 2 is 2.26 bits per heavy atom. The third kappa shape index (κ3) is 3.44. The summed E-state index contributed by atoms with van der Waals surface area (Å²) in [6.07, 6.45) is 2.62. The highest BCUT2D eigenvalue weighted by atomic mass is 79.9. The molecule has 0 bridgehead atoms. The molecule has 6 heteroatoms. The van der Waals surface area contributed by atoms with E-state index in [-0.39, 0.29) is 0 Å². The van der Waals surface area contributed by atoms with Crippen LogP contribution in [0.15, 0.2) is 15.9 Å². The van der Waals surface area contributed by atoms with Crippen LogP contribution >= 0.6 is 38.6 Å². The lowest BCUT2D eigenvalue weighted by molar-refractivity contribution is 0.181. The van der Waals surface area contributed by atoms with Gasteiger partial charge in [0.2, 0.25) is 0 Å². The molecule has 0 aromatic carbocycles. The maximum absolute atomic E-state index is 5.26. The van der Waals surface area contributed by atoms with E-state index in [1.165, 1.54) is 22.6 Å². The SMILES string of the molecule is COCc1nc(-c2ccc(Br)s2)sc1CNC1CC1. The van der Waals surface area contributed by atoms with Gasteiger partial charge >= 0.3 is 0 Å². The zero-order chi connectivity index (χ0) is 13.2. The van der Waals surface area contributed by atoms with Gasteiger partial charge in [-0.1, -0.05) is 0 Å². The number of halogens is 1. The Morgan fingerprint density at radius 3 is 2.89 bits per heavy atom. The van der Waals surface area contributed by atoms with Crippen molar-refractivity contribution in [3.8, 4) is 9.88 Å². The number of thiazole rings is 1. The zero-order valence-electron chi connectivity index (χ0n) is 10.6. The van der Waals surface area contributed by atoms with Gasteiger partial charge in [0.25, 0.3) is 0 Å². The lowest BCUT2D eigenvalue weighted by Crippen LogP contribution is -2.15. The second-order valence-electron chi connectivity index (χ2n) is 4.58. The highest BCUT2D eigenvalue weighted by molar-refractivity contribution is 9.11. The highest BCUT2D eigenvalue weighted by Crippen LogP contribution is 2.35. The summed E-state index contributed by atoms with van der Waals surface area (Å²) in [5.74, 6) is 0. The topological polar surface area (TPSA) is 34.1 Å². The molecular weight excluding hydrogens is 344 g/mol. The Bertz CT molecular complexity index is 563. The molecule has 0 aliphatic heterocycles. The van der Waals surface area contributed by atoms with E-state index in [2.05, 4.69) is 33.4 Å². The Labute approximate surface area is 129 Å². The molecular formula is C13H15BrN2OS2. The lowest BCUT2D eigenvalue weighted by atomic mass is 10.3.